The largest absolute Gasteiger partial charge is 0.399 e. The molecule has 0 aliphatic carbocycles. The zero-order valence-corrected chi connectivity index (χ0v) is 12.4. The van der Waals surface area contributed by atoms with Gasteiger partial charge in [0.15, 0.2) is 5.82 Å². The normalized spacial score (nSPS) is 11.3. The van der Waals surface area contributed by atoms with Crippen molar-refractivity contribution in [1.29, 1.82) is 0 Å². The molecule has 0 unspecified atom stereocenters. The van der Waals surface area contributed by atoms with Gasteiger partial charge in [-0.05, 0) is 30.3 Å². The number of sulfonamides is 1. The Morgan fingerprint density at radius 2 is 1.77 bits per heavy atom. The van der Waals surface area contributed by atoms with Gasteiger partial charge in [0, 0.05) is 18.0 Å². The van der Waals surface area contributed by atoms with E-state index in [2.05, 4.69) is 9.82 Å². The SMILES string of the molecule is Nc1cccc(S(=O)(=O)Nc2ccn(-c3ccccc3)n2)c1. The lowest BCUT2D eigenvalue weighted by Gasteiger charge is -2.06. The molecule has 0 saturated carbocycles. The van der Waals surface area contributed by atoms with Crippen molar-refractivity contribution in [2.24, 2.45) is 0 Å². The molecular formula is C15H14N4O2S. The lowest BCUT2D eigenvalue weighted by atomic mass is 10.3. The number of nitrogen functional groups attached to an aromatic ring is 1. The van der Waals surface area contributed by atoms with Crippen molar-refractivity contribution in [3.8, 4) is 5.69 Å². The Morgan fingerprint density at radius 1 is 1.00 bits per heavy atom. The maximum Gasteiger partial charge on any atom is 0.263 e. The van der Waals surface area contributed by atoms with Gasteiger partial charge in [-0.25, -0.2) is 13.1 Å². The summed E-state index contributed by atoms with van der Waals surface area (Å²) < 4.78 is 28.6. The molecule has 1 aromatic heterocycles. The zero-order valence-electron chi connectivity index (χ0n) is 11.5. The van der Waals surface area contributed by atoms with E-state index in [-0.39, 0.29) is 10.7 Å². The van der Waals surface area contributed by atoms with E-state index in [1.165, 1.54) is 12.1 Å². The highest BCUT2D eigenvalue weighted by Gasteiger charge is 2.15. The number of benzene rings is 2. The van der Waals surface area contributed by atoms with Gasteiger partial charge in [0.25, 0.3) is 10.0 Å². The molecule has 0 spiro atoms. The molecule has 0 amide bonds. The van der Waals surface area contributed by atoms with Gasteiger partial charge in [-0.2, -0.15) is 0 Å². The van der Waals surface area contributed by atoms with Crippen molar-refractivity contribution < 1.29 is 8.42 Å². The van der Waals surface area contributed by atoms with Crippen molar-refractivity contribution in [3.05, 3.63) is 66.9 Å². The summed E-state index contributed by atoms with van der Waals surface area (Å²) in [5, 5.41) is 4.21. The highest BCUT2D eigenvalue weighted by atomic mass is 32.2. The Labute approximate surface area is 128 Å². The highest BCUT2D eigenvalue weighted by Crippen LogP contribution is 2.17. The van der Waals surface area contributed by atoms with E-state index in [0.29, 0.717) is 5.69 Å². The van der Waals surface area contributed by atoms with Crippen molar-refractivity contribution >= 4 is 21.5 Å². The van der Waals surface area contributed by atoms with E-state index in [1.54, 1.807) is 29.1 Å². The van der Waals surface area contributed by atoms with E-state index >= 15 is 0 Å². The first-order valence-electron chi connectivity index (χ1n) is 6.54. The summed E-state index contributed by atoms with van der Waals surface area (Å²) in [4.78, 5) is 0.0989. The number of anilines is 2. The molecule has 2 aromatic carbocycles. The predicted octanol–water partition coefficient (Wildman–Crippen LogP) is 2.26. The third kappa shape index (κ3) is 2.94. The van der Waals surface area contributed by atoms with Crippen LogP contribution in [0.4, 0.5) is 11.5 Å². The number of para-hydroxylation sites is 1. The average Bonchev–Trinajstić information content (AvgIpc) is 2.96. The molecule has 0 aliphatic rings. The van der Waals surface area contributed by atoms with Crippen molar-refractivity contribution in [2.75, 3.05) is 10.5 Å². The van der Waals surface area contributed by atoms with Crippen LogP contribution in [-0.2, 0) is 10.0 Å². The third-order valence-corrected chi connectivity index (χ3v) is 4.37. The van der Waals surface area contributed by atoms with E-state index < -0.39 is 10.0 Å². The molecule has 0 radical (unpaired) electrons. The lowest BCUT2D eigenvalue weighted by Crippen LogP contribution is -2.13. The molecule has 22 heavy (non-hydrogen) atoms. The maximum absolute atomic E-state index is 12.3. The fraction of sp³-hybridized carbons (Fsp3) is 0. The second-order valence-corrected chi connectivity index (χ2v) is 6.34. The van der Waals surface area contributed by atoms with Crippen LogP contribution >= 0.6 is 0 Å². The summed E-state index contributed by atoms with van der Waals surface area (Å²) in [6, 6.07) is 17.1. The summed E-state index contributed by atoms with van der Waals surface area (Å²) >= 11 is 0. The lowest BCUT2D eigenvalue weighted by molar-refractivity contribution is 0.601. The van der Waals surface area contributed by atoms with E-state index in [9.17, 15) is 8.42 Å². The highest BCUT2D eigenvalue weighted by molar-refractivity contribution is 7.92. The summed E-state index contributed by atoms with van der Waals surface area (Å²) in [6.07, 6.45) is 1.69. The van der Waals surface area contributed by atoms with Gasteiger partial charge in [0.1, 0.15) is 0 Å². The van der Waals surface area contributed by atoms with Crippen LogP contribution in [0, 0.1) is 0 Å². The standard InChI is InChI=1S/C15H14N4O2S/c16-12-5-4-8-14(11-12)22(20,21)18-15-9-10-19(17-15)13-6-2-1-3-7-13/h1-11H,16H2,(H,17,18). The van der Waals surface area contributed by atoms with Gasteiger partial charge in [0.05, 0.1) is 10.6 Å². The smallest absolute Gasteiger partial charge is 0.263 e. The summed E-state index contributed by atoms with van der Waals surface area (Å²) in [5.74, 6) is 0.242. The third-order valence-electron chi connectivity index (χ3n) is 3.02. The number of nitrogens with one attached hydrogen (secondary N) is 1. The van der Waals surface area contributed by atoms with Crippen LogP contribution in [0.1, 0.15) is 0 Å². The fourth-order valence-electron chi connectivity index (χ4n) is 1.98. The van der Waals surface area contributed by atoms with Crippen LogP contribution < -0.4 is 10.5 Å². The molecular weight excluding hydrogens is 300 g/mol. The second kappa shape index (κ2) is 5.53. The number of hydrogen-bond acceptors (Lipinski definition) is 4. The van der Waals surface area contributed by atoms with E-state index in [0.717, 1.165) is 5.69 Å². The first-order chi connectivity index (χ1) is 10.5. The fourth-order valence-corrected chi connectivity index (χ4v) is 3.03. The van der Waals surface area contributed by atoms with Crippen LogP contribution in [0.25, 0.3) is 5.69 Å². The van der Waals surface area contributed by atoms with Crippen LogP contribution in [0.5, 0.6) is 0 Å². The molecule has 1 heterocycles. The Morgan fingerprint density at radius 3 is 2.50 bits per heavy atom. The minimum Gasteiger partial charge on any atom is -0.399 e. The van der Waals surface area contributed by atoms with Crippen molar-refractivity contribution in [1.82, 2.24) is 9.78 Å². The van der Waals surface area contributed by atoms with Crippen LogP contribution in [-0.4, -0.2) is 18.2 Å². The number of aromatic nitrogens is 2. The van der Waals surface area contributed by atoms with Gasteiger partial charge in [-0.1, -0.05) is 24.3 Å². The molecule has 0 bridgehead atoms. The molecule has 0 fully saturated rings. The number of nitrogens with two attached hydrogens (primary N) is 1. The minimum absolute atomic E-state index is 0.0989. The van der Waals surface area contributed by atoms with Crippen molar-refractivity contribution in [3.63, 3.8) is 0 Å². The number of nitrogens with zero attached hydrogens (tertiary/aromatic N) is 2. The minimum atomic E-state index is -3.71. The summed E-state index contributed by atoms with van der Waals surface area (Å²) in [6.45, 7) is 0. The maximum atomic E-state index is 12.3. The van der Waals surface area contributed by atoms with Gasteiger partial charge in [-0.3, -0.25) is 4.72 Å². The van der Waals surface area contributed by atoms with E-state index in [1.807, 2.05) is 30.3 Å². The van der Waals surface area contributed by atoms with Crippen LogP contribution in [0.2, 0.25) is 0 Å². The Bertz CT molecular complexity index is 889. The zero-order chi connectivity index (χ0) is 15.6. The Kier molecular flexibility index (Phi) is 3.56. The molecule has 0 aliphatic heterocycles. The van der Waals surface area contributed by atoms with Gasteiger partial charge >= 0.3 is 0 Å². The first kappa shape index (κ1) is 14.2. The summed E-state index contributed by atoms with van der Waals surface area (Å²) in [5.41, 5.74) is 6.85. The molecule has 0 atom stereocenters. The Balaban J connectivity index is 1.86. The predicted molar refractivity (Wildman–Crippen MR) is 85.2 cm³/mol. The van der Waals surface area contributed by atoms with Gasteiger partial charge in [0.2, 0.25) is 0 Å². The molecule has 6 nitrogen and oxygen atoms in total. The topological polar surface area (TPSA) is 90.0 Å². The van der Waals surface area contributed by atoms with Crippen LogP contribution in [0.15, 0.2) is 71.8 Å². The molecule has 3 rings (SSSR count). The molecule has 0 saturated heterocycles. The first-order valence-corrected chi connectivity index (χ1v) is 8.02. The molecule has 3 N–H and O–H groups in total. The van der Waals surface area contributed by atoms with Crippen LogP contribution in [0.3, 0.4) is 0 Å². The van der Waals surface area contributed by atoms with Gasteiger partial charge < -0.3 is 5.73 Å². The second-order valence-electron chi connectivity index (χ2n) is 4.66. The van der Waals surface area contributed by atoms with Gasteiger partial charge in [-0.15, -0.1) is 5.10 Å². The molecule has 112 valence electrons. The molecule has 7 heteroatoms. The monoisotopic (exact) mass is 314 g/mol. The van der Waals surface area contributed by atoms with E-state index in [4.69, 9.17) is 5.73 Å². The number of rotatable bonds is 4. The quantitative estimate of drug-likeness (QED) is 0.723. The number of hydrogen-bond donors (Lipinski definition) is 2. The Hall–Kier alpha value is -2.80. The van der Waals surface area contributed by atoms with Crippen molar-refractivity contribution in [2.45, 2.75) is 4.90 Å². The molecule has 3 aromatic rings. The average molecular weight is 314 g/mol. The summed E-state index contributed by atoms with van der Waals surface area (Å²) in [7, 11) is -3.71.